The number of benzene rings is 1. The van der Waals surface area contributed by atoms with Crippen molar-refractivity contribution >= 4 is 41.3 Å². The van der Waals surface area contributed by atoms with E-state index in [0.29, 0.717) is 24.6 Å². The first kappa shape index (κ1) is 19.8. The molecule has 4 nitrogen and oxygen atoms in total. The fourth-order valence-corrected chi connectivity index (χ4v) is 2.71. The Balaban J connectivity index is 0.00000264. The van der Waals surface area contributed by atoms with E-state index in [4.69, 9.17) is 0 Å². The van der Waals surface area contributed by atoms with Gasteiger partial charge in [-0.15, -0.1) is 35.3 Å². The van der Waals surface area contributed by atoms with Gasteiger partial charge in [0.05, 0.1) is 6.54 Å². The predicted molar refractivity (Wildman–Crippen MR) is 105 cm³/mol. The van der Waals surface area contributed by atoms with E-state index in [2.05, 4.69) is 27.5 Å². The molecule has 0 saturated heterocycles. The number of rotatable bonds is 5. The van der Waals surface area contributed by atoms with Crippen molar-refractivity contribution in [2.45, 2.75) is 33.4 Å². The highest BCUT2D eigenvalue weighted by molar-refractivity contribution is 14.0. The molecule has 2 N–H and O–H groups in total. The first-order valence-electron chi connectivity index (χ1n) is 7.25. The number of halogens is 2. The van der Waals surface area contributed by atoms with Gasteiger partial charge >= 0.3 is 0 Å². The number of hydrogen-bond acceptors (Lipinski definition) is 3. The number of thiazole rings is 1. The van der Waals surface area contributed by atoms with E-state index in [1.165, 1.54) is 4.88 Å². The highest BCUT2D eigenvalue weighted by atomic mass is 127. The fraction of sp³-hybridized carbons (Fsp3) is 0.375. The largest absolute Gasteiger partial charge is 0.352 e. The Hall–Kier alpha value is -1.22. The molecule has 0 aliphatic rings. The molecule has 0 amide bonds. The van der Waals surface area contributed by atoms with Crippen LogP contribution in [0.2, 0.25) is 0 Å². The van der Waals surface area contributed by atoms with Crippen molar-refractivity contribution in [2.75, 3.05) is 7.05 Å². The van der Waals surface area contributed by atoms with Gasteiger partial charge in [-0.3, -0.25) is 4.99 Å². The fourth-order valence-electron chi connectivity index (χ4n) is 1.91. The third kappa shape index (κ3) is 6.06. The number of aromatic nitrogens is 1. The summed E-state index contributed by atoms with van der Waals surface area (Å²) in [6.45, 7) is 5.03. The Kier molecular flexibility index (Phi) is 8.46. The zero-order valence-corrected chi connectivity index (χ0v) is 16.7. The number of nitrogens with zero attached hydrogens (tertiary/aromatic N) is 2. The maximum absolute atomic E-state index is 13.5. The zero-order valence-electron chi connectivity index (χ0n) is 13.5. The Morgan fingerprint density at radius 1 is 1.30 bits per heavy atom. The maximum atomic E-state index is 13.5. The van der Waals surface area contributed by atoms with Crippen LogP contribution in [0.5, 0.6) is 0 Å². The molecule has 0 bridgehead atoms. The average molecular weight is 448 g/mol. The molecule has 1 aromatic heterocycles. The van der Waals surface area contributed by atoms with Gasteiger partial charge in [0.15, 0.2) is 5.96 Å². The van der Waals surface area contributed by atoms with Crippen molar-refractivity contribution < 1.29 is 4.39 Å². The molecule has 0 aliphatic carbocycles. The Bertz CT molecular complexity index is 657. The molecule has 0 radical (unpaired) electrons. The van der Waals surface area contributed by atoms with Crippen LogP contribution in [0.1, 0.15) is 27.9 Å². The summed E-state index contributed by atoms with van der Waals surface area (Å²) in [4.78, 5) is 9.79. The molecule has 126 valence electrons. The molecule has 7 heteroatoms. The lowest BCUT2D eigenvalue weighted by Crippen LogP contribution is -2.36. The zero-order chi connectivity index (χ0) is 15.9. The van der Waals surface area contributed by atoms with Crippen LogP contribution >= 0.6 is 35.3 Å². The van der Waals surface area contributed by atoms with Crippen LogP contribution in [-0.2, 0) is 19.5 Å². The van der Waals surface area contributed by atoms with Crippen LogP contribution in [0.25, 0.3) is 0 Å². The van der Waals surface area contributed by atoms with Gasteiger partial charge in [0.25, 0.3) is 0 Å². The van der Waals surface area contributed by atoms with Crippen LogP contribution in [0.4, 0.5) is 4.39 Å². The van der Waals surface area contributed by atoms with Crippen molar-refractivity contribution in [3.63, 3.8) is 0 Å². The average Bonchev–Trinajstić information content (AvgIpc) is 2.99. The highest BCUT2D eigenvalue weighted by Gasteiger charge is 2.04. The van der Waals surface area contributed by atoms with Crippen molar-refractivity contribution in [3.8, 4) is 0 Å². The summed E-state index contributed by atoms with van der Waals surface area (Å²) < 4.78 is 13.5. The second-order valence-corrected chi connectivity index (χ2v) is 6.14. The predicted octanol–water partition coefficient (Wildman–Crippen LogP) is 3.64. The van der Waals surface area contributed by atoms with E-state index in [1.54, 1.807) is 37.4 Å². The summed E-state index contributed by atoms with van der Waals surface area (Å²) in [5.74, 6) is 0.492. The monoisotopic (exact) mass is 448 g/mol. The maximum Gasteiger partial charge on any atom is 0.191 e. The molecule has 0 atom stereocenters. The molecule has 2 rings (SSSR count). The van der Waals surface area contributed by atoms with Crippen LogP contribution in [0.3, 0.4) is 0 Å². The van der Waals surface area contributed by atoms with Crippen molar-refractivity contribution in [1.29, 1.82) is 0 Å². The number of guanidine groups is 1. The molecular formula is C16H22FIN4S. The van der Waals surface area contributed by atoms with Gasteiger partial charge in [0.2, 0.25) is 0 Å². The molecule has 0 saturated carbocycles. The second kappa shape index (κ2) is 9.82. The standard InChI is InChI=1S/C16H21FN4S.HI/c1-4-13-9-19-15(22-13)10-21-16(18-3)20-8-12-6-5-11(2)14(17)7-12;/h5-7,9H,4,8,10H2,1-3H3,(H2,18,20,21);1H. The highest BCUT2D eigenvalue weighted by Crippen LogP contribution is 2.12. The lowest BCUT2D eigenvalue weighted by molar-refractivity contribution is 0.615. The molecule has 23 heavy (non-hydrogen) atoms. The molecule has 0 spiro atoms. The molecule has 1 aromatic carbocycles. The minimum absolute atomic E-state index is 0. The first-order chi connectivity index (χ1) is 10.6. The van der Waals surface area contributed by atoms with Crippen LogP contribution in [0.15, 0.2) is 29.4 Å². The first-order valence-corrected chi connectivity index (χ1v) is 8.07. The van der Waals surface area contributed by atoms with Crippen LogP contribution in [0, 0.1) is 12.7 Å². The molecule has 2 aromatic rings. The summed E-state index contributed by atoms with van der Waals surface area (Å²) in [6.07, 6.45) is 2.91. The van der Waals surface area contributed by atoms with Crippen molar-refractivity contribution in [2.24, 2.45) is 4.99 Å². The Labute approximate surface area is 157 Å². The lowest BCUT2D eigenvalue weighted by atomic mass is 10.1. The summed E-state index contributed by atoms with van der Waals surface area (Å²) in [5, 5.41) is 7.41. The normalized spacial score (nSPS) is 11.0. The van der Waals surface area contributed by atoms with E-state index < -0.39 is 0 Å². The third-order valence-corrected chi connectivity index (χ3v) is 4.42. The number of hydrogen-bond donors (Lipinski definition) is 2. The smallest absolute Gasteiger partial charge is 0.191 e. The minimum atomic E-state index is -0.183. The van der Waals surface area contributed by atoms with E-state index in [-0.39, 0.29) is 29.8 Å². The quantitative estimate of drug-likeness (QED) is 0.417. The molecular weight excluding hydrogens is 426 g/mol. The second-order valence-electron chi connectivity index (χ2n) is 4.94. The SMILES string of the molecule is CCc1cnc(CNC(=NC)NCc2ccc(C)c(F)c2)s1.I. The minimum Gasteiger partial charge on any atom is -0.352 e. The van der Waals surface area contributed by atoms with E-state index >= 15 is 0 Å². The van der Waals surface area contributed by atoms with Crippen LogP contribution < -0.4 is 10.6 Å². The third-order valence-electron chi connectivity index (χ3n) is 3.28. The van der Waals surface area contributed by atoms with Crippen LogP contribution in [-0.4, -0.2) is 18.0 Å². The number of nitrogens with one attached hydrogen (secondary N) is 2. The molecule has 0 fully saturated rings. The summed E-state index contributed by atoms with van der Waals surface area (Å²) in [5.41, 5.74) is 1.54. The van der Waals surface area contributed by atoms with E-state index in [0.717, 1.165) is 17.0 Å². The van der Waals surface area contributed by atoms with Gasteiger partial charge in [-0.1, -0.05) is 19.1 Å². The Morgan fingerprint density at radius 3 is 2.65 bits per heavy atom. The van der Waals surface area contributed by atoms with Gasteiger partial charge in [-0.2, -0.15) is 0 Å². The molecule has 0 unspecified atom stereocenters. The Morgan fingerprint density at radius 2 is 2.04 bits per heavy atom. The lowest BCUT2D eigenvalue weighted by Gasteiger charge is -2.11. The van der Waals surface area contributed by atoms with Crippen molar-refractivity contribution in [3.05, 3.63) is 51.2 Å². The summed E-state index contributed by atoms with van der Waals surface area (Å²) in [6, 6.07) is 5.24. The summed E-state index contributed by atoms with van der Waals surface area (Å²) >= 11 is 1.70. The summed E-state index contributed by atoms with van der Waals surface area (Å²) in [7, 11) is 1.71. The number of aryl methyl sites for hydroxylation is 2. The molecule has 0 aliphatic heterocycles. The van der Waals surface area contributed by atoms with E-state index in [1.807, 2.05) is 12.3 Å². The van der Waals surface area contributed by atoms with E-state index in [9.17, 15) is 4.39 Å². The van der Waals surface area contributed by atoms with Gasteiger partial charge in [0, 0.05) is 24.7 Å². The van der Waals surface area contributed by atoms with Gasteiger partial charge in [-0.05, 0) is 30.5 Å². The van der Waals surface area contributed by atoms with Gasteiger partial charge in [-0.25, -0.2) is 9.37 Å². The number of aliphatic imine (C=N–C) groups is 1. The van der Waals surface area contributed by atoms with Gasteiger partial charge in [0.1, 0.15) is 10.8 Å². The topological polar surface area (TPSA) is 49.3 Å². The van der Waals surface area contributed by atoms with Crippen molar-refractivity contribution in [1.82, 2.24) is 15.6 Å². The van der Waals surface area contributed by atoms with Gasteiger partial charge < -0.3 is 10.6 Å². The molecule has 1 heterocycles.